The summed E-state index contributed by atoms with van der Waals surface area (Å²) in [7, 11) is 1.67. The second-order valence-electron chi connectivity index (χ2n) is 5.40. The second-order valence-corrected chi connectivity index (χ2v) is 5.40. The van der Waals surface area contributed by atoms with E-state index in [4.69, 9.17) is 4.74 Å². The number of nitrogens with zero attached hydrogens (tertiary/aromatic N) is 4. The van der Waals surface area contributed by atoms with Gasteiger partial charge in [-0.1, -0.05) is 6.07 Å². The number of aliphatic hydroxyl groups excluding tert-OH is 1. The van der Waals surface area contributed by atoms with E-state index in [1.165, 1.54) is 0 Å². The molecule has 21 heavy (non-hydrogen) atoms. The first-order chi connectivity index (χ1) is 10.2. The fourth-order valence-corrected chi connectivity index (χ4v) is 2.67. The van der Waals surface area contributed by atoms with Crippen LogP contribution in [0.3, 0.4) is 0 Å². The molecule has 1 aliphatic heterocycles. The molecule has 1 unspecified atom stereocenters. The maximum Gasteiger partial charge on any atom is 0.147 e. The largest absolute Gasteiger partial charge is 0.496 e. The van der Waals surface area contributed by atoms with Gasteiger partial charge in [-0.25, -0.2) is 0 Å². The Morgan fingerprint density at radius 2 is 2.24 bits per heavy atom. The molecular weight excluding hydrogens is 268 g/mol. The molecule has 1 N–H and O–H groups in total. The number of ether oxygens (including phenoxy) is 1. The van der Waals surface area contributed by atoms with E-state index in [-0.39, 0.29) is 0 Å². The standard InChI is InChI=1S/C15H20N4O2/c1-11(20)12-3-4-14(21-2)13(7-12)8-18-5-6-19-10-16-17-15(19)9-18/h3-4,7,10-11,20H,5-6,8-9H2,1-2H3. The van der Waals surface area contributed by atoms with Gasteiger partial charge in [-0.3, -0.25) is 4.90 Å². The Hall–Kier alpha value is -1.92. The van der Waals surface area contributed by atoms with Gasteiger partial charge in [0.1, 0.15) is 17.9 Å². The van der Waals surface area contributed by atoms with Crippen LogP contribution in [0.4, 0.5) is 0 Å². The van der Waals surface area contributed by atoms with Crippen LogP contribution in [0.5, 0.6) is 5.75 Å². The summed E-state index contributed by atoms with van der Waals surface area (Å²) in [6, 6.07) is 5.84. The molecule has 1 aliphatic rings. The summed E-state index contributed by atoms with van der Waals surface area (Å²) in [5.41, 5.74) is 2.00. The average molecular weight is 288 g/mol. The van der Waals surface area contributed by atoms with E-state index in [1.54, 1.807) is 20.4 Å². The van der Waals surface area contributed by atoms with Crippen LogP contribution < -0.4 is 4.74 Å². The van der Waals surface area contributed by atoms with E-state index in [1.807, 2.05) is 18.2 Å². The minimum absolute atomic E-state index is 0.473. The zero-order chi connectivity index (χ0) is 14.8. The van der Waals surface area contributed by atoms with Gasteiger partial charge in [0.15, 0.2) is 0 Å². The van der Waals surface area contributed by atoms with Crippen molar-refractivity contribution in [2.45, 2.75) is 32.7 Å². The number of hydrogen-bond donors (Lipinski definition) is 1. The van der Waals surface area contributed by atoms with Crippen molar-refractivity contribution in [3.63, 3.8) is 0 Å². The first kappa shape index (κ1) is 14.0. The summed E-state index contributed by atoms with van der Waals surface area (Å²) in [6.45, 7) is 5.18. The monoisotopic (exact) mass is 288 g/mol. The molecule has 1 atom stereocenters. The lowest BCUT2D eigenvalue weighted by atomic mass is 10.1. The van der Waals surface area contributed by atoms with E-state index >= 15 is 0 Å². The van der Waals surface area contributed by atoms with Gasteiger partial charge < -0.3 is 14.4 Å². The summed E-state index contributed by atoms with van der Waals surface area (Å²) in [4.78, 5) is 2.31. The highest BCUT2D eigenvalue weighted by atomic mass is 16.5. The number of aliphatic hydroxyl groups is 1. The Bertz CT molecular complexity index is 624. The SMILES string of the molecule is COc1ccc(C(C)O)cc1CN1CCn2cnnc2C1. The van der Waals surface area contributed by atoms with E-state index in [9.17, 15) is 5.11 Å². The van der Waals surface area contributed by atoms with Gasteiger partial charge in [-0.15, -0.1) is 10.2 Å². The number of benzene rings is 1. The van der Waals surface area contributed by atoms with Gasteiger partial charge in [0.25, 0.3) is 0 Å². The highest BCUT2D eigenvalue weighted by Gasteiger charge is 2.19. The molecule has 2 heterocycles. The van der Waals surface area contributed by atoms with Crippen LogP contribution in [0.25, 0.3) is 0 Å². The van der Waals surface area contributed by atoms with Crippen LogP contribution in [0, 0.1) is 0 Å². The Morgan fingerprint density at radius 3 is 3.00 bits per heavy atom. The highest BCUT2D eigenvalue weighted by molar-refractivity contribution is 5.38. The zero-order valence-electron chi connectivity index (χ0n) is 12.4. The number of methoxy groups -OCH3 is 1. The second kappa shape index (κ2) is 5.83. The van der Waals surface area contributed by atoms with Crippen LogP contribution in [0.15, 0.2) is 24.5 Å². The molecule has 0 amide bonds. The summed E-state index contributed by atoms with van der Waals surface area (Å²) >= 11 is 0. The Morgan fingerprint density at radius 1 is 1.38 bits per heavy atom. The van der Waals surface area contributed by atoms with Crippen LogP contribution in [0.1, 0.15) is 30.0 Å². The normalized spacial score (nSPS) is 16.5. The number of rotatable bonds is 4. The molecule has 0 saturated carbocycles. The summed E-state index contributed by atoms with van der Waals surface area (Å²) in [6.07, 6.45) is 1.31. The number of hydrogen-bond acceptors (Lipinski definition) is 5. The molecule has 3 rings (SSSR count). The first-order valence-electron chi connectivity index (χ1n) is 7.11. The molecule has 1 aromatic carbocycles. The van der Waals surface area contributed by atoms with Crippen molar-refractivity contribution >= 4 is 0 Å². The molecular formula is C15H20N4O2. The lowest BCUT2D eigenvalue weighted by Gasteiger charge is -2.27. The lowest BCUT2D eigenvalue weighted by molar-refractivity contribution is 0.196. The Balaban J connectivity index is 1.79. The minimum atomic E-state index is -0.473. The van der Waals surface area contributed by atoms with Crippen LogP contribution >= 0.6 is 0 Å². The van der Waals surface area contributed by atoms with Gasteiger partial charge in [0, 0.05) is 25.2 Å². The van der Waals surface area contributed by atoms with Crippen molar-refractivity contribution in [1.82, 2.24) is 19.7 Å². The van der Waals surface area contributed by atoms with Crippen LogP contribution in [-0.2, 0) is 19.6 Å². The number of fused-ring (bicyclic) bond motifs is 1. The molecule has 1 aromatic heterocycles. The van der Waals surface area contributed by atoms with E-state index < -0.39 is 6.10 Å². The van der Waals surface area contributed by atoms with Gasteiger partial charge in [0.05, 0.1) is 19.8 Å². The first-order valence-corrected chi connectivity index (χ1v) is 7.11. The predicted octanol–water partition coefficient (Wildman–Crippen LogP) is 1.36. The maximum atomic E-state index is 9.74. The topological polar surface area (TPSA) is 63.4 Å². The molecule has 0 saturated heterocycles. The Kier molecular flexibility index (Phi) is 3.90. The summed E-state index contributed by atoms with van der Waals surface area (Å²) in [5, 5.41) is 17.8. The molecule has 0 bridgehead atoms. The molecule has 0 spiro atoms. The van der Waals surface area contributed by atoms with Crippen molar-refractivity contribution in [1.29, 1.82) is 0 Å². The lowest BCUT2D eigenvalue weighted by Crippen LogP contribution is -2.33. The molecule has 6 heteroatoms. The third-order valence-corrected chi connectivity index (χ3v) is 3.90. The van der Waals surface area contributed by atoms with Crippen molar-refractivity contribution in [3.05, 3.63) is 41.5 Å². The smallest absolute Gasteiger partial charge is 0.147 e. The quantitative estimate of drug-likeness (QED) is 0.920. The third kappa shape index (κ3) is 2.91. The third-order valence-electron chi connectivity index (χ3n) is 3.90. The average Bonchev–Trinajstić information content (AvgIpc) is 2.94. The maximum absolute atomic E-state index is 9.74. The summed E-state index contributed by atoms with van der Waals surface area (Å²) in [5.74, 6) is 1.85. The minimum Gasteiger partial charge on any atom is -0.496 e. The Labute approximate surface area is 124 Å². The van der Waals surface area contributed by atoms with Gasteiger partial charge in [0.2, 0.25) is 0 Å². The van der Waals surface area contributed by atoms with Crippen molar-refractivity contribution in [2.75, 3.05) is 13.7 Å². The highest BCUT2D eigenvalue weighted by Crippen LogP contribution is 2.25. The van der Waals surface area contributed by atoms with Gasteiger partial charge in [-0.2, -0.15) is 0 Å². The summed E-state index contributed by atoms with van der Waals surface area (Å²) < 4.78 is 7.52. The van der Waals surface area contributed by atoms with Crippen molar-refractivity contribution < 1.29 is 9.84 Å². The molecule has 112 valence electrons. The van der Waals surface area contributed by atoms with Crippen LogP contribution in [0.2, 0.25) is 0 Å². The molecule has 0 radical (unpaired) electrons. The predicted molar refractivity (Wildman–Crippen MR) is 77.8 cm³/mol. The molecule has 0 fully saturated rings. The zero-order valence-corrected chi connectivity index (χ0v) is 12.4. The molecule has 2 aromatic rings. The number of aromatic nitrogens is 3. The van der Waals surface area contributed by atoms with E-state index in [2.05, 4.69) is 19.7 Å². The van der Waals surface area contributed by atoms with E-state index in [0.717, 1.165) is 48.9 Å². The molecule has 0 aliphatic carbocycles. The van der Waals surface area contributed by atoms with Crippen LogP contribution in [-0.4, -0.2) is 38.4 Å². The molecule has 6 nitrogen and oxygen atoms in total. The van der Waals surface area contributed by atoms with Crippen molar-refractivity contribution in [3.8, 4) is 5.75 Å². The van der Waals surface area contributed by atoms with E-state index in [0.29, 0.717) is 0 Å². The fraction of sp³-hybridized carbons (Fsp3) is 0.467. The van der Waals surface area contributed by atoms with Gasteiger partial charge in [-0.05, 0) is 24.6 Å². The van der Waals surface area contributed by atoms with Crippen molar-refractivity contribution in [2.24, 2.45) is 0 Å². The van der Waals surface area contributed by atoms with Gasteiger partial charge >= 0.3 is 0 Å². The fourth-order valence-electron chi connectivity index (χ4n) is 2.67.